The molecule has 0 spiro atoms. The van der Waals surface area contributed by atoms with Crippen molar-refractivity contribution in [1.29, 1.82) is 0 Å². The van der Waals surface area contributed by atoms with Crippen molar-refractivity contribution >= 4 is 22.6 Å². The minimum Gasteiger partial charge on any atom is -0.490 e. The SMILES string of the molecule is Cc1cccc(C)c1N=C(N)SCCOc1ccccc1F. The number of thioether (sulfide) groups is 1. The van der Waals surface area contributed by atoms with Gasteiger partial charge in [0.05, 0.1) is 12.3 Å². The number of aliphatic imine (C=N–C) groups is 1. The van der Waals surface area contributed by atoms with Crippen molar-refractivity contribution in [2.75, 3.05) is 12.4 Å². The van der Waals surface area contributed by atoms with E-state index < -0.39 is 0 Å². The molecule has 5 heteroatoms. The number of rotatable bonds is 5. The molecule has 3 nitrogen and oxygen atoms in total. The van der Waals surface area contributed by atoms with Gasteiger partial charge in [-0.25, -0.2) is 9.38 Å². The standard InChI is InChI=1S/C17H19FN2OS/c1-12-6-5-7-13(2)16(12)20-17(19)22-11-10-21-15-9-4-3-8-14(15)18/h3-9H,10-11H2,1-2H3,(H2,19,20). The first kappa shape index (κ1) is 16.4. The van der Waals surface area contributed by atoms with E-state index in [1.54, 1.807) is 18.2 Å². The highest BCUT2D eigenvalue weighted by Gasteiger charge is 2.04. The van der Waals surface area contributed by atoms with Crippen molar-refractivity contribution in [2.45, 2.75) is 13.8 Å². The molecule has 0 radical (unpaired) electrons. The second-order valence-corrected chi connectivity index (χ2v) is 5.93. The molecule has 0 saturated carbocycles. The molecule has 0 aromatic heterocycles. The number of hydrogen-bond donors (Lipinski definition) is 1. The number of nitrogens with zero attached hydrogens (tertiary/aromatic N) is 1. The zero-order valence-electron chi connectivity index (χ0n) is 12.7. The molecule has 116 valence electrons. The second-order valence-electron chi connectivity index (χ2n) is 4.82. The molecule has 0 amide bonds. The molecule has 0 unspecified atom stereocenters. The summed E-state index contributed by atoms with van der Waals surface area (Å²) >= 11 is 1.39. The van der Waals surface area contributed by atoms with Crippen LogP contribution in [-0.4, -0.2) is 17.5 Å². The predicted molar refractivity (Wildman–Crippen MR) is 91.6 cm³/mol. The number of halogens is 1. The summed E-state index contributed by atoms with van der Waals surface area (Å²) in [6, 6.07) is 12.4. The third-order valence-electron chi connectivity index (χ3n) is 3.09. The Labute approximate surface area is 134 Å². The van der Waals surface area contributed by atoms with Crippen molar-refractivity contribution < 1.29 is 9.13 Å². The van der Waals surface area contributed by atoms with Crippen LogP contribution in [0.5, 0.6) is 5.75 Å². The maximum atomic E-state index is 13.4. The Bertz CT molecular complexity index is 653. The lowest BCUT2D eigenvalue weighted by molar-refractivity contribution is 0.325. The zero-order valence-corrected chi connectivity index (χ0v) is 13.5. The van der Waals surface area contributed by atoms with E-state index in [4.69, 9.17) is 10.5 Å². The molecule has 2 aromatic rings. The molecule has 0 heterocycles. The zero-order chi connectivity index (χ0) is 15.9. The topological polar surface area (TPSA) is 47.6 Å². The van der Waals surface area contributed by atoms with Crippen LogP contribution >= 0.6 is 11.8 Å². The van der Waals surface area contributed by atoms with Gasteiger partial charge in [-0.15, -0.1) is 0 Å². The maximum absolute atomic E-state index is 13.4. The van der Waals surface area contributed by atoms with E-state index in [0.717, 1.165) is 16.8 Å². The third-order valence-corrected chi connectivity index (χ3v) is 3.85. The van der Waals surface area contributed by atoms with E-state index in [9.17, 15) is 4.39 Å². The summed E-state index contributed by atoms with van der Waals surface area (Å²) in [6.45, 7) is 4.38. The lowest BCUT2D eigenvalue weighted by Crippen LogP contribution is -2.10. The van der Waals surface area contributed by atoms with E-state index in [1.165, 1.54) is 17.8 Å². The molecule has 0 aliphatic heterocycles. The van der Waals surface area contributed by atoms with Crippen molar-refractivity contribution in [3.8, 4) is 5.75 Å². The first-order valence-electron chi connectivity index (χ1n) is 6.98. The van der Waals surface area contributed by atoms with Gasteiger partial charge in [-0.2, -0.15) is 0 Å². The minimum absolute atomic E-state index is 0.258. The molecule has 22 heavy (non-hydrogen) atoms. The number of para-hydroxylation sites is 2. The van der Waals surface area contributed by atoms with E-state index in [0.29, 0.717) is 17.5 Å². The normalized spacial score (nSPS) is 11.5. The van der Waals surface area contributed by atoms with Gasteiger partial charge in [0.15, 0.2) is 16.7 Å². The van der Waals surface area contributed by atoms with Gasteiger partial charge in [-0.3, -0.25) is 0 Å². The highest BCUT2D eigenvalue weighted by atomic mass is 32.2. The largest absolute Gasteiger partial charge is 0.490 e. The van der Waals surface area contributed by atoms with Gasteiger partial charge >= 0.3 is 0 Å². The van der Waals surface area contributed by atoms with Gasteiger partial charge in [0.1, 0.15) is 0 Å². The van der Waals surface area contributed by atoms with Crippen LogP contribution in [0.4, 0.5) is 10.1 Å². The smallest absolute Gasteiger partial charge is 0.165 e. The fourth-order valence-electron chi connectivity index (χ4n) is 1.98. The molecule has 0 bridgehead atoms. The summed E-state index contributed by atoms with van der Waals surface area (Å²) in [7, 11) is 0. The summed E-state index contributed by atoms with van der Waals surface area (Å²) in [6.07, 6.45) is 0. The third kappa shape index (κ3) is 4.49. The maximum Gasteiger partial charge on any atom is 0.165 e. The summed E-state index contributed by atoms with van der Waals surface area (Å²) in [5.74, 6) is 0.507. The Balaban J connectivity index is 1.87. The Hall–Kier alpha value is -2.01. The first-order chi connectivity index (χ1) is 10.6. The summed E-state index contributed by atoms with van der Waals surface area (Å²) < 4.78 is 18.8. The van der Waals surface area contributed by atoms with E-state index in [1.807, 2.05) is 32.0 Å². The fourth-order valence-corrected chi connectivity index (χ4v) is 2.52. The van der Waals surface area contributed by atoms with Crippen molar-refractivity contribution in [3.63, 3.8) is 0 Å². The Morgan fingerprint density at radius 1 is 1.14 bits per heavy atom. The van der Waals surface area contributed by atoms with E-state index in [2.05, 4.69) is 4.99 Å². The Kier molecular flexibility index (Phi) is 5.83. The fraction of sp³-hybridized carbons (Fsp3) is 0.235. The number of ether oxygens (including phenoxy) is 1. The molecule has 0 fully saturated rings. The average molecular weight is 318 g/mol. The van der Waals surface area contributed by atoms with Crippen LogP contribution in [0.15, 0.2) is 47.5 Å². The monoisotopic (exact) mass is 318 g/mol. The van der Waals surface area contributed by atoms with Crippen LogP contribution in [0.1, 0.15) is 11.1 Å². The Morgan fingerprint density at radius 2 is 1.82 bits per heavy atom. The molecule has 2 N–H and O–H groups in total. The van der Waals surface area contributed by atoms with Crippen LogP contribution in [0.25, 0.3) is 0 Å². The number of aryl methyl sites for hydroxylation is 2. The van der Waals surface area contributed by atoms with Crippen LogP contribution in [-0.2, 0) is 0 Å². The first-order valence-corrected chi connectivity index (χ1v) is 7.97. The highest BCUT2D eigenvalue weighted by Crippen LogP contribution is 2.24. The van der Waals surface area contributed by atoms with E-state index >= 15 is 0 Å². The number of hydrogen-bond acceptors (Lipinski definition) is 3. The average Bonchev–Trinajstić information content (AvgIpc) is 2.49. The lowest BCUT2D eigenvalue weighted by Gasteiger charge is -2.08. The molecule has 2 aromatic carbocycles. The van der Waals surface area contributed by atoms with Crippen LogP contribution in [0.3, 0.4) is 0 Å². The van der Waals surface area contributed by atoms with Crippen molar-refractivity contribution in [2.24, 2.45) is 10.7 Å². The molecular formula is C17H19FN2OS. The van der Waals surface area contributed by atoms with Crippen molar-refractivity contribution in [3.05, 3.63) is 59.4 Å². The summed E-state index contributed by atoms with van der Waals surface area (Å²) in [5.41, 5.74) is 9.02. The number of nitrogens with two attached hydrogens (primary N) is 1. The van der Waals surface area contributed by atoms with Crippen molar-refractivity contribution in [1.82, 2.24) is 0 Å². The Morgan fingerprint density at radius 3 is 2.50 bits per heavy atom. The predicted octanol–water partition coefficient (Wildman–Crippen LogP) is 4.20. The van der Waals surface area contributed by atoms with Crippen LogP contribution in [0.2, 0.25) is 0 Å². The molecular weight excluding hydrogens is 299 g/mol. The van der Waals surface area contributed by atoms with Gasteiger partial charge in [-0.05, 0) is 37.1 Å². The quantitative estimate of drug-likeness (QED) is 0.510. The highest BCUT2D eigenvalue weighted by molar-refractivity contribution is 8.13. The van der Waals surface area contributed by atoms with Gasteiger partial charge in [0.25, 0.3) is 0 Å². The number of benzene rings is 2. The summed E-state index contributed by atoms with van der Waals surface area (Å²) in [4.78, 5) is 4.45. The molecule has 0 aliphatic carbocycles. The molecule has 0 aliphatic rings. The minimum atomic E-state index is -0.357. The number of amidine groups is 1. The van der Waals surface area contributed by atoms with Gasteiger partial charge in [0.2, 0.25) is 0 Å². The second kappa shape index (κ2) is 7.84. The van der Waals surface area contributed by atoms with Crippen LogP contribution < -0.4 is 10.5 Å². The molecule has 0 atom stereocenters. The van der Waals surface area contributed by atoms with Gasteiger partial charge < -0.3 is 10.5 Å². The van der Waals surface area contributed by atoms with Crippen LogP contribution in [0, 0.1) is 19.7 Å². The lowest BCUT2D eigenvalue weighted by atomic mass is 10.1. The van der Waals surface area contributed by atoms with Gasteiger partial charge in [0, 0.05) is 5.75 Å². The molecule has 0 saturated heterocycles. The van der Waals surface area contributed by atoms with E-state index in [-0.39, 0.29) is 11.6 Å². The summed E-state index contributed by atoms with van der Waals surface area (Å²) in [5, 5.41) is 0.481. The van der Waals surface area contributed by atoms with Gasteiger partial charge in [-0.1, -0.05) is 42.1 Å². The molecule has 2 rings (SSSR count).